The lowest BCUT2D eigenvalue weighted by Crippen LogP contribution is -2.57. The van der Waals surface area contributed by atoms with E-state index in [0.29, 0.717) is 19.4 Å². The number of rotatable bonds is 7. The van der Waals surface area contributed by atoms with Crippen molar-refractivity contribution >= 4 is 9.84 Å². The number of sulfone groups is 1. The van der Waals surface area contributed by atoms with Crippen LogP contribution in [0.5, 0.6) is 0 Å². The minimum atomic E-state index is -2.82. The summed E-state index contributed by atoms with van der Waals surface area (Å²) in [7, 11) is -2.82. The molecule has 3 N–H and O–H groups in total. The highest BCUT2D eigenvalue weighted by Crippen LogP contribution is 2.22. The van der Waals surface area contributed by atoms with Crippen molar-refractivity contribution in [3.8, 4) is 0 Å². The molecule has 0 saturated carbocycles. The Kier molecular flexibility index (Phi) is 6.04. The van der Waals surface area contributed by atoms with Crippen molar-refractivity contribution in [1.29, 1.82) is 0 Å². The predicted molar refractivity (Wildman–Crippen MR) is 75.5 cm³/mol. The largest absolute Gasteiger partial charge is 0.329 e. The molecule has 1 heterocycles. The van der Waals surface area contributed by atoms with Gasteiger partial charge in [-0.05, 0) is 25.9 Å². The van der Waals surface area contributed by atoms with E-state index in [1.54, 1.807) is 0 Å². The van der Waals surface area contributed by atoms with Crippen molar-refractivity contribution in [3.05, 3.63) is 0 Å². The van der Waals surface area contributed by atoms with Gasteiger partial charge in [-0.25, -0.2) is 8.42 Å². The summed E-state index contributed by atoms with van der Waals surface area (Å²) in [5.74, 6) is 0.533. The number of nitrogens with two attached hydrogens (primary N) is 1. The Hall–Kier alpha value is -0.170. The Labute approximate surface area is 111 Å². The molecule has 0 aromatic rings. The van der Waals surface area contributed by atoms with Crippen LogP contribution >= 0.6 is 0 Å². The molecule has 5 nitrogen and oxygen atoms in total. The lowest BCUT2D eigenvalue weighted by molar-refractivity contribution is 0.255. The molecule has 18 heavy (non-hydrogen) atoms. The average Bonchev–Trinajstić information content (AvgIpc) is 2.37. The van der Waals surface area contributed by atoms with Crippen molar-refractivity contribution < 1.29 is 8.42 Å². The summed E-state index contributed by atoms with van der Waals surface area (Å²) < 4.78 is 22.9. The van der Waals surface area contributed by atoms with Crippen molar-refractivity contribution in [2.45, 2.75) is 32.2 Å². The summed E-state index contributed by atoms with van der Waals surface area (Å²) in [5, 5.41) is 3.49. The minimum Gasteiger partial charge on any atom is -0.329 e. The van der Waals surface area contributed by atoms with Crippen LogP contribution in [-0.2, 0) is 9.84 Å². The van der Waals surface area contributed by atoms with E-state index in [4.69, 9.17) is 5.73 Å². The first-order valence-corrected chi connectivity index (χ1v) is 8.67. The van der Waals surface area contributed by atoms with E-state index in [-0.39, 0.29) is 17.0 Å². The summed E-state index contributed by atoms with van der Waals surface area (Å²) in [6.45, 7) is 8.76. The van der Waals surface area contributed by atoms with Gasteiger partial charge in [-0.15, -0.1) is 0 Å². The van der Waals surface area contributed by atoms with E-state index in [9.17, 15) is 8.42 Å². The fraction of sp³-hybridized carbons (Fsp3) is 1.00. The van der Waals surface area contributed by atoms with Gasteiger partial charge in [0.25, 0.3) is 0 Å². The molecule has 1 rings (SSSR count). The number of nitrogens with one attached hydrogen (secondary N) is 1. The predicted octanol–water partition coefficient (Wildman–Crippen LogP) is -0.176. The maximum atomic E-state index is 11.5. The van der Waals surface area contributed by atoms with Crippen LogP contribution in [0.25, 0.3) is 0 Å². The second kappa shape index (κ2) is 6.84. The van der Waals surface area contributed by atoms with Crippen LogP contribution in [0.4, 0.5) is 0 Å². The number of hydrogen-bond acceptors (Lipinski definition) is 5. The number of hydrogen-bond donors (Lipinski definition) is 2. The summed E-state index contributed by atoms with van der Waals surface area (Å²) in [6, 6.07) is 0. The Morgan fingerprint density at radius 1 is 1.22 bits per heavy atom. The Bertz CT molecular complexity index is 325. The molecular formula is C12H27N3O2S. The van der Waals surface area contributed by atoms with Gasteiger partial charge in [0.05, 0.1) is 11.5 Å². The highest BCUT2D eigenvalue weighted by molar-refractivity contribution is 7.91. The van der Waals surface area contributed by atoms with Gasteiger partial charge in [0.1, 0.15) is 9.84 Å². The fourth-order valence-electron chi connectivity index (χ4n) is 2.40. The first kappa shape index (κ1) is 15.9. The zero-order valence-electron chi connectivity index (χ0n) is 11.6. The van der Waals surface area contributed by atoms with E-state index in [2.05, 4.69) is 24.1 Å². The molecule has 0 amide bonds. The van der Waals surface area contributed by atoms with Gasteiger partial charge in [-0.1, -0.05) is 13.8 Å². The monoisotopic (exact) mass is 277 g/mol. The molecule has 0 aliphatic carbocycles. The maximum absolute atomic E-state index is 11.5. The molecule has 0 aromatic heterocycles. The van der Waals surface area contributed by atoms with Gasteiger partial charge in [0, 0.05) is 25.2 Å². The van der Waals surface area contributed by atoms with Gasteiger partial charge >= 0.3 is 0 Å². The molecule has 0 spiro atoms. The van der Waals surface area contributed by atoms with Crippen LogP contribution in [-0.4, -0.2) is 63.1 Å². The van der Waals surface area contributed by atoms with E-state index in [0.717, 1.165) is 26.2 Å². The van der Waals surface area contributed by atoms with Crippen LogP contribution in [0, 0.1) is 0 Å². The molecule has 0 aromatic carbocycles. The highest BCUT2D eigenvalue weighted by atomic mass is 32.2. The standard InChI is InChI=1S/C12H27N3O2S/c1-3-15(4-2)8-7-14-12(11-13)5-9-18(16,17)10-6-12/h14H,3-11,13H2,1-2H3. The van der Waals surface area contributed by atoms with E-state index < -0.39 is 9.84 Å². The quantitative estimate of drug-likeness (QED) is 0.675. The summed E-state index contributed by atoms with van der Waals surface area (Å²) in [6.07, 6.45) is 1.29. The molecular weight excluding hydrogens is 250 g/mol. The lowest BCUT2D eigenvalue weighted by atomic mass is 9.92. The third-order valence-corrected chi connectivity index (χ3v) is 5.65. The molecule has 0 radical (unpaired) electrons. The van der Waals surface area contributed by atoms with Crippen molar-refractivity contribution in [1.82, 2.24) is 10.2 Å². The van der Waals surface area contributed by atoms with Crippen LogP contribution in [0.15, 0.2) is 0 Å². The Morgan fingerprint density at radius 2 is 1.78 bits per heavy atom. The van der Waals surface area contributed by atoms with Crippen LogP contribution in [0.2, 0.25) is 0 Å². The van der Waals surface area contributed by atoms with Gasteiger partial charge < -0.3 is 16.0 Å². The average molecular weight is 277 g/mol. The van der Waals surface area contributed by atoms with E-state index >= 15 is 0 Å². The van der Waals surface area contributed by atoms with Crippen LogP contribution in [0.3, 0.4) is 0 Å². The highest BCUT2D eigenvalue weighted by Gasteiger charge is 2.35. The lowest BCUT2D eigenvalue weighted by Gasteiger charge is -2.37. The molecule has 108 valence electrons. The second-order valence-corrected chi connectivity index (χ2v) is 7.39. The third kappa shape index (κ3) is 4.50. The first-order chi connectivity index (χ1) is 8.47. The van der Waals surface area contributed by atoms with Crippen LogP contribution in [0.1, 0.15) is 26.7 Å². The molecule has 0 atom stereocenters. The van der Waals surface area contributed by atoms with Gasteiger partial charge in [-0.2, -0.15) is 0 Å². The topological polar surface area (TPSA) is 75.4 Å². The molecule has 0 bridgehead atoms. The van der Waals surface area contributed by atoms with E-state index in [1.165, 1.54) is 0 Å². The third-order valence-electron chi connectivity index (χ3n) is 4.00. The Morgan fingerprint density at radius 3 is 2.22 bits per heavy atom. The first-order valence-electron chi connectivity index (χ1n) is 6.85. The number of likely N-dealkylation sites (N-methyl/N-ethyl adjacent to an activating group) is 1. The zero-order chi connectivity index (χ0) is 13.6. The van der Waals surface area contributed by atoms with Crippen molar-refractivity contribution in [2.24, 2.45) is 5.73 Å². The summed E-state index contributed by atoms with van der Waals surface area (Å²) >= 11 is 0. The summed E-state index contributed by atoms with van der Waals surface area (Å²) in [4.78, 5) is 2.34. The van der Waals surface area contributed by atoms with Gasteiger partial charge in [0.2, 0.25) is 0 Å². The molecule has 1 saturated heterocycles. The maximum Gasteiger partial charge on any atom is 0.150 e. The van der Waals surface area contributed by atoms with Gasteiger partial charge in [0.15, 0.2) is 0 Å². The summed E-state index contributed by atoms with van der Waals surface area (Å²) in [5.41, 5.74) is 5.67. The molecule has 1 aliphatic rings. The molecule has 1 aliphatic heterocycles. The zero-order valence-corrected chi connectivity index (χ0v) is 12.4. The second-order valence-electron chi connectivity index (χ2n) is 5.09. The molecule has 6 heteroatoms. The van der Waals surface area contributed by atoms with Crippen molar-refractivity contribution in [3.63, 3.8) is 0 Å². The SMILES string of the molecule is CCN(CC)CCNC1(CN)CCS(=O)(=O)CC1. The fourth-order valence-corrected chi connectivity index (χ4v) is 4.01. The van der Waals surface area contributed by atoms with Gasteiger partial charge in [-0.3, -0.25) is 0 Å². The van der Waals surface area contributed by atoms with E-state index in [1.807, 2.05) is 0 Å². The molecule has 0 unspecified atom stereocenters. The Balaban J connectivity index is 2.42. The van der Waals surface area contributed by atoms with Crippen molar-refractivity contribution in [2.75, 3.05) is 44.2 Å². The minimum absolute atomic E-state index is 0.168. The van der Waals surface area contributed by atoms with Crippen LogP contribution < -0.4 is 11.1 Å². The smallest absolute Gasteiger partial charge is 0.150 e. The molecule has 1 fully saturated rings. The number of nitrogens with zero attached hydrogens (tertiary/aromatic N) is 1. The normalized spacial score (nSPS) is 22.2.